The molecule has 0 saturated heterocycles. The van der Waals surface area contributed by atoms with Crippen LogP contribution >= 0.6 is 0 Å². The first-order valence-corrected chi connectivity index (χ1v) is 19.7. The average Bonchev–Trinajstić information content (AvgIpc) is 3.80. The molecule has 0 saturated carbocycles. The second-order valence-electron chi connectivity index (χ2n) is 18.9. The maximum absolute atomic E-state index is 11.3. The van der Waals surface area contributed by atoms with Crippen molar-refractivity contribution in [2.24, 2.45) is 0 Å². The number of carbonyl (C=O) groups is 1. The fourth-order valence-corrected chi connectivity index (χ4v) is 6.44. The Kier molecular flexibility index (Phi) is 18.6. The van der Waals surface area contributed by atoms with Crippen LogP contribution < -0.4 is 24.3 Å². The summed E-state index contributed by atoms with van der Waals surface area (Å²) in [6, 6.07) is 25.5. The quantitative estimate of drug-likeness (QED) is 0.192. The van der Waals surface area contributed by atoms with Gasteiger partial charge in [-0.25, -0.2) is 0 Å². The number of rotatable bonds is 0. The number of anilines is 1. The van der Waals surface area contributed by atoms with Crippen LogP contribution in [0.5, 0.6) is 23.0 Å². The third-order valence-corrected chi connectivity index (χ3v) is 10.2. The van der Waals surface area contributed by atoms with E-state index in [2.05, 4.69) is 161 Å². The minimum atomic E-state index is 0. The van der Waals surface area contributed by atoms with E-state index in [-0.39, 0.29) is 57.3 Å². The highest BCUT2D eigenvalue weighted by Gasteiger charge is 2.22. The number of hydrogen-bond acceptors (Lipinski definition) is 5. The molecule has 6 nitrogen and oxygen atoms in total. The molecule has 0 radical (unpaired) electrons. The van der Waals surface area contributed by atoms with Crippen molar-refractivity contribution < 1.29 is 23.7 Å². The molecule has 0 aromatic heterocycles. The molecule has 1 N–H and O–H groups in total. The Hall–Kier alpha value is -4.71. The maximum atomic E-state index is 11.3. The number of nitrogens with one attached hydrogen (secondary N) is 1. The first-order valence-electron chi connectivity index (χ1n) is 19.7. The van der Waals surface area contributed by atoms with Crippen LogP contribution in [0.2, 0.25) is 0 Å². The first-order chi connectivity index (χ1) is 25.7. The van der Waals surface area contributed by atoms with E-state index in [0.29, 0.717) is 26.4 Å². The highest BCUT2D eigenvalue weighted by molar-refractivity contribution is 5.94. The van der Waals surface area contributed by atoms with Crippen LogP contribution in [0.1, 0.15) is 158 Å². The van der Waals surface area contributed by atoms with Gasteiger partial charge < -0.3 is 24.3 Å². The largest absolute Gasteiger partial charge is 0.486 e. The lowest BCUT2D eigenvalue weighted by Crippen LogP contribution is -2.20. The van der Waals surface area contributed by atoms with Crippen molar-refractivity contribution in [3.05, 3.63) is 118 Å². The highest BCUT2D eigenvalue weighted by Crippen LogP contribution is 2.37. The van der Waals surface area contributed by atoms with Gasteiger partial charge in [0.25, 0.3) is 0 Å². The molecule has 59 heavy (non-hydrogen) atoms. The zero-order valence-electron chi connectivity index (χ0n) is 35.4. The van der Waals surface area contributed by atoms with Gasteiger partial charge in [-0.05, 0) is 104 Å². The molecular weight excluding hydrogens is 731 g/mol. The summed E-state index contributed by atoms with van der Waals surface area (Å²) >= 11 is 0. The molecule has 0 unspecified atom stereocenters. The molecule has 6 heteroatoms. The normalized spacial score (nSPS) is 14.1. The van der Waals surface area contributed by atoms with Crippen molar-refractivity contribution in [3.8, 4) is 23.0 Å². The van der Waals surface area contributed by atoms with Gasteiger partial charge in [-0.1, -0.05) is 167 Å². The first kappa shape index (κ1) is 52.3. The van der Waals surface area contributed by atoms with Crippen LogP contribution in [0, 0.1) is 0 Å². The molecule has 0 atom stereocenters. The SMILES string of the molecule is C.C.C.C.CC(C)(C)c1ccc2c(c1)CC=C2.CC(C)(C)c1ccc2c(c1)NC(=O)CC2.CC(C)(C)c1ccc2c(c1)OCCO2.CC(C)(C)c1ccc2c(c1)OCO2. The second kappa shape index (κ2) is 21.0. The maximum Gasteiger partial charge on any atom is 0.231 e. The van der Waals surface area contributed by atoms with E-state index in [1.807, 2.05) is 12.1 Å². The molecule has 0 fully saturated rings. The monoisotopic (exact) mass is 810 g/mol. The van der Waals surface area contributed by atoms with Gasteiger partial charge in [0.05, 0.1) is 0 Å². The molecule has 1 amide bonds. The number of allylic oxidation sites excluding steroid dienone is 1. The lowest BCUT2D eigenvalue weighted by Gasteiger charge is -2.23. The summed E-state index contributed by atoms with van der Waals surface area (Å²) in [5.74, 6) is 3.60. The van der Waals surface area contributed by atoms with Crippen molar-refractivity contribution >= 4 is 17.7 Å². The summed E-state index contributed by atoms with van der Waals surface area (Å²) in [5.41, 5.74) is 11.1. The molecule has 0 bridgehead atoms. The molecule has 4 aromatic carbocycles. The summed E-state index contributed by atoms with van der Waals surface area (Å²) in [6.45, 7) is 28.1. The second-order valence-corrected chi connectivity index (χ2v) is 18.9. The van der Waals surface area contributed by atoms with Crippen molar-refractivity contribution in [2.75, 3.05) is 25.3 Å². The topological polar surface area (TPSA) is 66.0 Å². The van der Waals surface area contributed by atoms with E-state index in [1.54, 1.807) is 0 Å². The molecule has 3 heterocycles. The molecule has 1 aliphatic carbocycles. The summed E-state index contributed by atoms with van der Waals surface area (Å²) in [5, 5.41) is 2.93. The zero-order chi connectivity index (χ0) is 40.2. The summed E-state index contributed by atoms with van der Waals surface area (Å²) < 4.78 is 21.6. The molecule has 4 aliphatic rings. The minimum absolute atomic E-state index is 0. The zero-order valence-corrected chi connectivity index (χ0v) is 35.4. The molecule has 0 spiro atoms. The van der Waals surface area contributed by atoms with Gasteiger partial charge in [0.2, 0.25) is 12.7 Å². The van der Waals surface area contributed by atoms with E-state index >= 15 is 0 Å². The average molecular weight is 810 g/mol. The van der Waals surface area contributed by atoms with Gasteiger partial charge in [-0.2, -0.15) is 0 Å². The van der Waals surface area contributed by atoms with Crippen LogP contribution in [-0.2, 0) is 39.3 Å². The third-order valence-electron chi connectivity index (χ3n) is 10.2. The number of carbonyl (C=O) groups excluding carboxylic acids is 1. The van der Waals surface area contributed by atoms with Gasteiger partial charge in [0.15, 0.2) is 23.0 Å². The number of hydrogen-bond donors (Lipinski definition) is 1. The van der Waals surface area contributed by atoms with Gasteiger partial charge in [0.1, 0.15) is 13.2 Å². The lowest BCUT2D eigenvalue weighted by molar-refractivity contribution is -0.116. The van der Waals surface area contributed by atoms with Crippen LogP contribution in [0.4, 0.5) is 5.69 Å². The van der Waals surface area contributed by atoms with E-state index in [9.17, 15) is 4.79 Å². The van der Waals surface area contributed by atoms with Crippen LogP contribution in [0.3, 0.4) is 0 Å². The van der Waals surface area contributed by atoms with E-state index in [4.69, 9.17) is 18.9 Å². The smallest absolute Gasteiger partial charge is 0.231 e. The summed E-state index contributed by atoms with van der Waals surface area (Å²) in [4.78, 5) is 11.3. The molecule has 8 rings (SSSR count). The minimum Gasteiger partial charge on any atom is -0.486 e. The Bertz CT molecular complexity index is 1980. The Balaban J connectivity index is 0.000000385. The summed E-state index contributed by atoms with van der Waals surface area (Å²) in [7, 11) is 0. The number of benzene rings is 4. The van der Waals surface area contributed by atoms with E-state index < -0.39 is 0 Å². The van der Waals surface area contributed by atoms with Crippen LogP contribution in [-0.4, -0.2) is 25.9 Å². The fraction of sp³-hybridized carbons (Fsp3) is 0.491. The third kappa shape index (κ3) is 14.2. The predicted octanol–water partition coefficient (Wildman–Crippen LogP) is 14.4. The van der Waals surface area contributed by atoms with Crippen LogP contribution in [0.25, 0.3) is 6.08 Å². The number of fused-ring (bicyclic) bond motifs is 4. The fourth-order valence-electron chi connectivity index (χ4n) is 6.44. The van der Waals surface area contributed by atoms with Gasteiger partial charge in [-0.3, -0.25) is 4.79 Å². The Morgan fingerprint density at radius 2 is 0.915 bits per heavy atom. The Morgan fingerprint density at radius 1 is 0.475 bits per heavy atom. The Morgan fingerprint density at radius 3 is 1.47 bits per heavy atom. The summed E-state index contributed by atoms with van der Waals surface area (Å²) in [6.07, 6.45) is 7.03. The van der Waals surface area contributed by atoms with Crippen molar-refractivity contribution in [2.45, 2.75) is 154 Å². The standard InChI is InChI=1S/C13H17NO.C13H16.C12H16O2.C11H14O2.4CH4/c1-13(2,3)10-6-4-9-5-7-12(15)14-11(9)8-10;1-13(2,3)12-8-7-10-5-4-6-11(10)9-12;1-12(2,3)9-4-5-10-11(8-9)14-7-6-13-10;1-11(2,3)8-4-5-9-10(6-8)13-7-12-9;;;;/h4,6,8H,5,7H2,1-3H3,(H,14,15);4-5,7-9H,6H2,1-3H3;4-5,8H,6-7H2,1-3H3;4-6H,7H2,1-3H3;4*1H4. The van der Waals surface area contributed by atoms with Gasteiger partial charge in [0, 0.05) is 12.1 Å². The predicted molar refractivity (Wildman–Crippen MR) is 254 cm³/mol. The Labute approximate surface area is 360 Å². The molecule has 4 aromatic rings. The van der Waals surface area contributed by atoms with Crippen LogP contribution in [0.15, 0.2) is 78.9 Å². The van der Waals surface area contributed by atoms with Gasteiger partial charge in [-0.15, -0.1) is 0 Å². The molecule has 326 valence electrons. The number of ether oxygens (including phenoxy) is 4. The van der Waals surface area contributed by atoms with Crippen molar-refractivity contribution in [1.29, 1.82) is 0 Å². The van der Waals surface area contributed by atoms with Crippen molar-refractivity contribution in [3.63, 3.8) is 0 Å². The van der Waals surface area contributed by atoms with Gasteiger partial charge >= 0.3 is 0 Å². The van der Waals surface area contributed by atoms with E-state index in [1.165, 1.54) is 38.9 Å². The molecular formula is C53H79NO5. The number of aryl methyl sites for hydroxylation is 1. The van der Waals surface area contributed by atoms with Crippen molar-refractivity contribution in [1.82, 2.24) is 0 Å². The molecule has 3 aliphatic heterocycles. The number of amides is 1. The highest BCUT2D eigenvalue weighted by atomic mass is 16.7. The van der Waals surface area contributed by atoms with E-state index in [0.717, 1.165) is 41.5 Å². The lowest BCUT2D eigenvalue weighted by atomic mass is 9.85.